The van der Waals surface area contributed by atoms with Crippen LogP contribution in [0.4, 0.5) is 0 Å². The first-order chi connectivity index (χ1) is 11.0. The smallest absolute Gasteiger partial charge is 0.185 e. The fourth-order valence-electron chi connectivity index (χ4n) is 2.16. The molecule has 1 aliphatic heterocycles. The zero-order valence-electron chi connectivity index (χ0n) is 12.3. The summed E-state index contributed by atoms with van der Waals surface area (Å²) in [5.41, 5.74) is 2.95. The first-order valence-electron chi connectivity index (χ1n) is 6.99. The van der Waals surface area contributed by atoms with Crippen molar-refractivity contribution in [1.29, 1.82) is 0 Å². The Morgan fingerprint density at radius 2 is 1.83 bits per heavy atom. The van der Waals surface area contributed by atoms with E-state index in [1.807, 2.05) is 24.3 Å². The van der Waals surface area contributed by atoms with Crippen LogP contribution in [-0.2, 0) is 4.74 Å². The molecule has 0 bridgehead atoms. The first kappa shape index (κ1) is 16.3. The van der Waals surface area contributed by atoms with Crippen LogP contribution in [0.25, 0.3) is 11.1 Å². The molecule has 0 amide bonds. The van der Waals surface area contributed by atoms with Crippen LogP contribution in [0, 0.1) is 3.57 Å². The molecule has 2 aromatic carbocycles. The first-order valence-corrected chi connectivity index (χ1v) is 8.87. The standard InChI is InChI=1S/C18H15IO3S/c1-11-9-18(21-12(11)2)23-22-17-8-5-14(10-16(17)19)13-3-6-15(20)7-4-13/h3-8,10,18,20H,1-2,9H2. The molecule has 0 spiro atoms. The number of allylic oxidation sites excluding steroid dienone is 1. The zero-order valence-corrected chi connectivity index (χ0v) is 15.3. The van der Waals surface area contributed by atoms with Gasteiger partial charge in [0.15, 0.2) is 11.2 Å². The van der Waals surface area contributed by atoms with Crippen LogP contribution in [0.1, 0.15) is 6.42 Å². The Hall–Kier alpha value is -1.60. The number of phenolic OH excluding ortho intramolecular Hbond substituents is 1. The van der Waals surface area contributed by atoms with Gasteiger partial charge in [0.05, 0.1) is 3.57 Å². The van der Waals surface area contributed by atoms with Gasteiger partial charge in [0, 0.05) is 6.42 Å². The average Bonchev–Trinajstić information content (AvgIpc) is 2.85. The van der Waals surface area contributed by atoms with Crippen molar-refractivity contribution in [3.8, 4) is 22.6 Å². The minimum atomic E-state index is -0.0948. The summed E-state index contributed by atoms with van der Waals surface area (Å²) in [6, 6.07) is 13.1. The molecule has 0 saturated carbocycles. The third-order valence-corrected chi connectivity index (χ3v) is 5.06. The van der Waals surface area contributed by atoms with E-state index in [1.165, 1.54) is 12.0 Å². The lowest BCUT2D eigenvalue weighted by molar-refractivity contribution is 0.232. The topological polar surface area (TPSA) is 38.7 Å². The molecule has 3 nitrogen and oxygen atoms in total. The third kappa shape index (κ3) is 3.84. The molecule has 1 aliphatic rings. The van der Waals surface area contributed by atoms with Gasteiger partial charge in [-0.3, -0.25) is 0 Å². The molecule has 1 heterocycles. The predicted molar refractivity (Wildman–Crippen MR) is 102 cm³/mol. The molecule has 1 fully saturated rings. The molecule has 1 saturated heterocycles. The number of benzene rings is 2. The van der Waals surface area contributed by atoms with Gasteiger partial charge in [0.2, 0.25) is 0 Å². The highest BCUT2D eigenvalue weighted by molar-refractivity contribution is 14.1. The highest BCUT2D eigenvalue weighted by atomic mass is 127. The second-order valence-electron chi connectivity index (χ2n) is 5.15. The lowest BCUT2D eigenvalue weighted by atomic mass is 10.1. The molecular formula is C18H15IO3S. The van der Waals surface area contributed by atoms with Crippen molar-refractivity contribution in [1.82, 2.24) is 0 Å². The van der Waals surface area contributed by atoms with E-state index in [-0.39, 0.29) is 11.2 Å². The van der Waals surface area contributed by atoms with Gasteiger partial charge in [0.25, 0.3) is 0 Å². The fraction of sp³-hybridized carbons (Fsp3) is 0.111. The maximum Gasteiger partial charge on any atom is 0.185 e. The van der Waals surface area contributed by atoms with Crippen LogP contribution in [-0.4, -0.2) is 10.5 Å². The van der Waals surface area contributed by atoms with Crippen LogP contribution >= 0.6 is 34.6 Å². The summed E-state index contributed by atoms with van der Waals surface area (Å²) in [5, 5.41) is 9.36. The number of hydrogen-bond donors (Lipinski definition) is 1. The van der Waals surface area contributed by atoms with Crippen molar-refractivity contribution in [3.05, 3.63) is 70.5 Å². The number of halogens is 1. The highest BCUT2D eigenvalue weighted by Gasteiger charge is 2.25. The van der Waals surface area contributed by atoms with E-state index in [2.05, 4.69) is 41.8 Å². The largest absolute Gasteiger partial charge is 0.508 e. The van der Waals surface area contributed by atoms with E-state index in [0.29, 0.717) is 5.76 Å². The monoisotopic (exact) mass is 438 g/mol. The summed E-state index contributed by atoms with van der Waals surface area (Å²) in [5.74, 6) is 1.70. The molecule has 1 atom stereocenters. The van der Waals surface area contributed by atoms with E-state index in [9.17, 15) is 5.11 Å². The minimum absolute atomic E-state index is 0.0948. The van der Waals surface area contributed by atoms with Gasteiger partial charge in [-0.25, -0.2) is 0 Å². The quantitative estimate of drug-likeness (QED) is 0.505. The van der Waals surface area contributed by atoms with E-state index in [1.54, 1.807) is 12.1 Å². The second-order valence-corrected chi connectivity index (χ2v) is 7.20. The Bertz CT molecular complexity index is 739. The molecular weight excluding hydrogens is 423 g/mol. The fourth-order valence-corrected chi connectivity index (χ4v) is 3.72. The van der Waals surface area contributed by atoms with Crippen molar-refractivity contribution in [2.75, 3.05) is 0 Å². The van der Waals surface area contributed by atoms with E-state index in [4.69, 9.17) is 8.92 Å². The van der Waals surface area contributed by atoms with Gasteiger partial charge < -0.3 is 14.0 Å². The minimum Gasteiger partial charge on any atom is -0.508 e. The Morgan fingerprint density at radius 1 is 1.13 bits per heavy atom. The number of rotatable bonds is 4. The number of hydrogen-bond acceptors (Lipinski definition) is 4. The van der Waals surface area contributed by atoms with Gasteiger partial charge >= 0.3 is 0 Å². The molecule has 118 valence electrons. The second kappa shape index (κ2) is 6.88. The van der Waals surface area contributed by atoms with Crippen molar-refractivity contribution in [3.63, 3.8) is 0 Å². The molecule has 0 radical (unpaired) electrons. The van der Waals surface area contributed by atoms with Crippen LogP contribution in [0.15, 0.2) is 67.0 Å². The lowest BCUT2D eigenvalue weighted by Crippen LogP contribution is -2.01. The molecule has 0 aliphatic carbocycles. The maximum atomic E-state index is 9.36. The predicted octanol–water partition coefficient (Wildman–Crippen LogP) is 5.51. The van der Waals surface area contributed by atoms with Gasteiger partial charge in [-0.1, -0.05) is 31.4 Å². The van der Waals surface area contributed by atoms with Crippen molar-refractivity contribution >= 4 is 34.6 Å². The van der Waals surface area contributed by atoms with E-state index >= 15 is 0 Å². The molecule has 1 N–H and O–H groups in total. The average molecular weight is 438 g/mol. The number of aromatic hydroxyl groups is 1. The maximum absolute atomic E-state index is 9.36. The summed E-state index contributed by atoms with van der Waals surface area (Å²) in [4.78, 5) is 0. The van der Waals surface area contributed by atoms with Crippen LogP contribution in [0.3, 0.4) is 0 Å². The van der Waals surface area contributed by atoms with E-state index in [0.717, 1.165) is 32.4 Å². The van der Waals surface area contributed by atoms with Gasteiger partial charge in [-0.15, -0.1) is 0 Å². The molecule has 3 rings (SSSR count). The Labute approximate surface area is 153 Å². The van der Waals surface area contributed by atoms with Gasteiger partial charge in [0.1, 0.15) is 23.6 Å². The lowest BCUT2D eigenvalue weighted by Gasteiger charge is -2.12. The molecule has 1 unspecified atom stereocenters. The zero-order chi connectivity index (χ0) is 16.4. The van der Waals surface area contributed by atoms with Crippen LogP contribution < -0.4 is 4.18 Å². The van der Waals surface area contributed by atoms with Crippen LogP contribution in [0.5, 0.6) is 11.5 Å². The van der Waals surface area contributed by atoms with Gasteiger partial charge in [-0.05, 0) is 63.6 Å². The Morgan fingerprint density at radius 3 is 2.43 bits per heavy atom. The van der Waals surface area contributed by atoms with Crippen molar-refractivity contribution in [2.24, 2.45) is 0 Å². The number of ether oxygens (including phenoxy) is 1. The molecule has 5 heteroatoms. The number of phenols is 1. The molecule has 0 aromatic heterocycles. The van der Waals surface area contributed by atoms with E-state index < -0.39 is 0 Å². The molecule has 2 aromatic rings. The summed E-state index contributed by atoms with van der Waals surface area (Å²) in [6.45, 7) is 7.70. The normalized spacial score (nSPS) is 17.2. The van der Waals surface area contributed by atoms with Crippen molar-refractivity contribution in [2.45, 2.75) is 11.9 Å². The summed E-state index contributed by atoms with van der Waals surface area (Å²) >= 11 is 3.53. The summed E-state index contributed by atoms with van der Waals surface area (Å²) < 4.78 is 12.4. The van der Waals surface area contributed by atoms with Gasteiger partial charge in [-0.2, -0.15) is 0 Å². The SMILES string of the molecule is C=C1CC(SOc2ccc(-c3ccc(O)cc3)cc2I)OC1=C. The molecule has 23 heavy (non-hydrogen) atoms. The summed E-state index contributed by atoms with van der Waals surface area (Å²) in [7, 11) is 0. The third-order valence-electron chi connectivity index (χ3n) is 3.46. The van der Waals surface area contributed by atoms with Crippen molar-refractivity contribution < 1.29 is 14.0 Å². The Balaban J connectivity index is 1.69. The Kier molecular flexibility index (Phi) is 4.87. The van der Waals surface area contributed by atoms with Crippen LogP contribution in [0.2, 0.25) is 0 Å². The highest BCUT2D eigenvalue weighted by Crippen LogP contribution is 2.36. The summed E-state index contributed by atoms with van der Waals surface area (Å²) in [6.07, 6.45) is 0.728.